The Morgan fingerprint density at radius 1 is 1.33 bits per heavy atom. The number of rotatable bonds is 7. The molecule has 2 aromatic carbocycles. The van der Waals surface area contributed by atoms with Gasteiger partial charge in [-0.15, -0.1) is 6.58 Å². The molecule has 0 fully saturated rings. The number of allylic oxidation sites excluding steroid dienone is 1. The number of halogens is 1. The normalized spacial score (nSPS) is 10.7. The summed E-state index contributed by atoms with van der Waals surface area (Å²) in [6.45, 7) is 4.00. The van der Waals surface area contributed by atoms with Crippen molar-refractivity contribution in [3.8, 4) is 5.75 Å². The fourth-order valence-electron chi connectivity index (χ4n) is 2.66. The predicted octanol–water partition coefficient (Wildman–Crippen LogP) is 4.22. The number of ether oxygens (including phenoxy) is 1. The highest BCUT2D eigenvalue weighted by atomic mass is 35.5. The van der Waals surface area contributed by atoms with Gasteiger partial charge >= 0.3 is 0 Å². The first-order valence-electron chi connectivity index (χ1n) is 8.15. The number of carbonyl (C=O) groups is 1. The van der Waals surface area contributed by atoms with Gasteiger partial charge in [-0.2, -0.15) is 0 Å². The van der Waals surface area contributed by atoms with Crippen LogP contribution in [0.1, 0.15) is 10.4 Å². The second-order valence-corrected chi connectivity index (χ2v) is 7.05. The highest BCUT2D eigenvalue weighted by Gasteiger charge is 2.16. The summed E-state index contributed by atoms with van der Waals surface area (Å²) in [6, 6.07) is 12.0. The SMILES string of the molecule is C=CCn1c(SCC(=O)c2ccccc2OC)nc2cc(Cl)ccc2c1=O. The van der Waals surface area contributed by atoms with E-state index >= 15 is 0 Å². The summed E-state index contributed by atoms with van der Waals surface area (Å²) in [7, 11) is 1.52. The van der Waals surface area contributed by atoms with E-state index in [0.29, 0.717) is 38.9 Å². The van der Waals surface area contributed by atoms with Crippen molar-refractivity contribution >= 4 is 40.0 Å². The molecule has 0 aliphatic carbocycles. The summed E-state index contributed by atoms with van der Waals surface area (Å²) in [5.74, 6) is 0.531. The molecule has 0 radical (unpaired) electrons. The van der Waals surface area contributed by atoms with Gasteiger partial charge in [0.2, 0.25) is 0 Å². The van der Waals surface area contributed by atoms with Gasteiger partial charge in [-0.3, -0.25) is 14.2 Å². The molecule has 0 aliphatic rings. The van der Waals surface area contributed by atoms with Crippen molar-refractivity contribution in [1.82, 2.24) is 9.55 Å². The first kappa shape index (κ1) is 19.2. The number of hydrogen-bond donors (Lipinski definition) is 0. The van der Waals surface area contributed by atoms with Crippen LogP contribution in [0.15, 0.2) is 65.1 Å². The fourth-order valence-corrected chi connectivity index (χ4v) is 3.72. The third-order valence-electron chi connectivity index (χ3n) is 3.93. The second kappa shape index (κ2) is 8.41. The van der Waals surface area contributed by atoms with Gasteiger partial charge in [0, 0.05) is 11.6 Å². The zero-order valence-electron chi connectivity index (χ0n) is 14.6. The molecule has 27 heavy (non-hydrogen) atoms. The van der Waals surface area contributed by atoms with Crippen LogP contribution in [0.25, 0.3) is 10.9 Å². The van der Waals surface area contributed by atoms with Crippen LogP contribution in [0.4, 0.5) is 0 Å². The fraction of sp³-hybridized carbons (Fsp3) is 0.150. The van der Waals surface area contributed by atoms with Gasteiger partial charge in [-0.25, -0.2) is 4.98 Å². The molecule has 5 nitrogen and oxygen atoms in total. The van der Waals surface area contributed by atoms with Gasteiger partial charge < -0.3 is 4.74 Å². The molecule has 0 unspecified atom stereocenters. The van der Waals surface area contributed by atoms with E-state index in [1.807, 2.05) is 0 Å². The molecule has 0 saturated heterocycles. The summed E-state index contributed by atoms with van der Waals surface area (Å²) in [4.78, 5) is 29.9. The Morgan fingerprint density at radius 2 is 2.11 bits per heavy atom. The predicted molar refractivity (Wildman–Crippen MR) is 109 cm³/mol. The Labute approximate surface area is 165 Å². The Balaban J connectivity index is 1.96. The summed E-state index contributed by atoms with van der Waals surface area (Å²) in [5, 5.41) is 1.41. The van der Waals surface area contributed by atoms with Gasteiger partial charge in [0.15, 0.2) is 10.9 Å². The molecule has 0 amide bonds. The van der Waals surface area contributed by atoms with Crippen LogP contribution < -0.4 is 10.3 Å². The van der Waals surface area contributed by atoms with Gasteiger partial charge in [0.05, 0.1) is 29.3 Å². The van der Waals surface area contributed by atoms with Crippen molar-refractivity contribution in [3.63, 3.8) is 0 Å². The number of ketones is 1. The number of fused-ring (bicyclic) bond motifs is 1. The lowest BCUT2D eigenvalue weighted by Crippen LogP contribution is -2.23. The smallest absolute Gasteiger partial charge is 0.262 e. The van der Waals surface area contributed by atoms with Gasteiger partial charge in [-0.1, -0.05) is 41.6 Å². The Kier molecular flexibility index (Phi) is 5.98. The molecule has 0 aliphatic heterocycles. The number of carbonyl (C=O) groups excluding carboxylic acids is 1. The quantitative estimate of drug-likeness (QED) is 0.257. The van der Waals surface area contributed by atoms with Crippen LogP contribution in [-0.4, -0.2) is 28.2 Å². The molecule has 138 valence electrons. The van der Waals surface area contributed by atoms with E-state index in [4.69, 9.17) is 16.3 Å². The zero-order chi connectivity index (χ0) is 19.4. The number of methoxy groups -OCH3 is 1. The van der Waals surface area contributed by atoms with Crippen molar-refractivity contribution in [3.05, 3.63) is 76.1 Å². The number of nitrogens with zero attached hydrogens (tertiary/aromatic N) is 2. The number of aromatic nitrogens is 2. The van der Waals surface area contributed by atoms with E-state index in [-0.39, 0.29) is 17.1 Å². The second-order valence-electron chi connectivity index (χ2n) is 5.67. The van der Waals surface area contributed by atoms with Crippen molar-refractivity contribution < 1.29 is 9.53 Å². The first-order valence-corrected chi connectivity index (χ1v) is 9.51. The third kappa shape index (κ3) is 4.07. The van der Waals surface area contributed by atoms with Crippen LogP contribution in [0.2, 0.25) is 5.02 Å². The summed E-state index contributed by atoms with van der Waals surface area (Å²) in [5.41, 5.74) is 0.804. The summed E-state index contributed by atoms with van der Waals surface area (Å²) in [6.07, 6.45) is 1.62. The molecule has 1 aromatic heterocycles. The molecule has 0 spiro atoms. The molecule has 7 heteroatoms. The lowest BCUT2D eigenvalue weighted by atomic mass is 10.1. The summed E-state index contributed by atoms with van der Waals surface area (Å²) < 4.78 is 6.75. The van der Waals surface area contributed by atoms with Crippen molar-refractivity contribution in [2.24, 2.45) is 0 Å². The maximum atomic E-state index is 12.8. The maximum absolute atomic E-state index is 12.8. The number of thioether (sulfide) groups is 1. The minimum Gasteiger partial charge on any atom is -0.496 e. The summed E-state index contributed by atoms with van der Waals surface area (Å²) >= 11 is 7.23. The number of para-hydroxylation sites is 1. The Bertz CT molecular complexity index is 1080. The highest BCUT2D eigenvalue weighted by molar-refractivity contribution is 7.99. The Morgan fingerprint density at radius 3 is 2.85 bits per heavy atom. The van der Waals surface area contributed by atoms with E-state index in [9.17, 15) is 9.59 Å². The van der Waals surface area contributed by atoms with Crippen LogP contribution in [0.5, 0.6) is 5.75 Å². The molecular formula is C20H17ClN2O3S. The zero-order valence-corrected chi connectivity index (χ0v) is 16.2. The van der Waals surface area contributed by atoms with Crippen molar-refractivity contribution in [2.75, 3.05) is 12.9 Å². The molecule has 3 aromatic rings. The molecular weight excluding hydrogens is 384 g/mol. The minimum atomic E-state index is -0.191. The van der Waals surface area contributed by atoms with E-state index in [2.05, 4.69) is 11.6 Å². The van der Waals surface area contributed by atoms with E-state index in [1.54, 1.807) is 48.5 Å². The van der Waals surface area contributed by atoms with Gasteiger partial charge in [0.25, 0.3) is 5.56 Å². The van der Waals surface area contributed by atoms with Gasteiger partial charge in [-0.05, 0) is 30.3 Å². The lowest BCUT2D eigenvalue weighted by Gasteiger charge is -2.12. The molecule has 0 saturated carbocycles. The number of benzene rings is 2. The van der Waals surface area contributed by atoms with E-state index in [0.717, 1.165) is 0 Å². The molecule has 0 bridgehead atoms. The standard InChI is InChI=1S/C20H17ClN2O3S/c1-3-10-23-19(25)14-9-8-13(21)11-16(14)22-20(23)27-12-17(24)15-6-4-5-7-18(15)26-2/h3-9,11H,1,10,12H2,2H3. The molecule has 1 heterocycles. The minimum absolute atomic E-state index is 0.108. The van der Waals surface area contributed by atoms with Crippen LogP contribution in [0.3, 0.4) is 0 Å². The van der Waals surface area contributed by atoms with Crippen LogP contribution >= 0.6 is 23.4 Å². The molecule has 0 N–H and O–H groups in total. The Hall–Kier alpha value is -2.57. The largest absolute Gasteiger partial charge is 0.496 e. The van der Waals surface area contributed by atoms with Gasteiger partial charge in [0.1, 0.15) is 5.75 Å². The van der Waals surface area contributed by atoms with E-state index in [1.165, 1.54) is 23.4 Å². The maximum Gasteiger partial charge on any atom is 0.262 e. The van der Waals surface area contributed by atoms with Crippen LogP contribution in [0, 0.1) is 0 Å². The highest BCUT2D eigenvalue weighted by Crippen LogP contribution is 2.24. The monoisotopic (exact) mass is 400 g/mol. The lowest BCUT2D eigenvalue weighted by molar-refractivity contribution is 0.101. The molecule has 0 atom stereocenters. The topological polar surface area (TPSA) is 61.2 Å². The van der Waals surface area contributed by atoms with E-state index < -0.39 is 0 Å². The number of hydrogen-bond acceptors (Lipinski definition) is 5. The first-order chi connectivity index (χ1) is 13.0. The molecule has 3 rings (SSSR count). The van der Waals surface area contributed by atoms with Crippen LogP contribution in [-0.2, 0) is 6.54 Å². The van der Waals surface area contributed by atoms with Crippen molar-refractivity contribution in [2.45, 2.75) is 11.7 Å². The third-order valence-corrected chi connectivity index (χ3v) is 5.15. The van der Waals surface area contributed by atoms with Crippen molar-refractivity contribution in [1.29, 1.82) is 0 Å². The average Bonchev–Trinajstić information content (AvgIpc) is 2.68. The number of Topliss-reactive ketones (excluding diaryl/α,β-unsaturated/α-hetero) is 1. The average molecular weight is 401 g/mol.